The molecule has 0 atom stereocenters. The first kappa shape index (κ1) is 17.2. The molecule has 1 aromatic carbocycles. The predicted octanol–water partition coefficient (Wildman–Crippen LogP) is 2.61. The smallest absolute Gasteiger partial charge is 0.272 e. The van der Waals surface area contributed by atoms with Crippen molar-refractivity contribution in [1.29, 1.82) is 0 Å². The molecular weight excluding hydrogens is 316 g/mol. The van der Waals surface area contributed by atoms with Gasteiger partial charge < -0.3 is 19.9 Å². The van der Waals surface area contributed by atoms with Crippen molar-refractivity contribution in [3.05, 3.63) is 48.3 Å². The molecule has 0 radical (unpaired) electrons. The van der Waals surface area contributed by atoms with Gasteiger partial charge in [-0.05, 0) is 42.9 Å². The van der Waals surface area contributed by atoms with Crippen LogP contribution in [0.5, 0.6) is 5.75 Å². The van der Waals surface area contributed by atoms with E-state index in [0.717, 1.165) is 49.8 Å². The molecule has 1 saturated heterocycles. The van der Waals surface area contributed by atoms with Gasteiger partial charge in [0, 0.05) is 43.8 Å². The van der Waals surface area contributed by atoms with Crippen LogP contribution in [0.3, 0.4) is 0 Å². The van der Waals surface area contributed by atoms with Gasteiger partial charge >= 0.3 is 0 Å². The molecule has 1 aromatic heterocycles. The lowest BCUT2D eigenvalue weighted by Crippen LogP contribution is -2.48. The lowest BCUT2D eigenvalue weighted by atomic mass is 10.2. The SMILES string of the molecule is CCN1CCN(C(=O)c2cc(Nc3ccc(OC)cc3)ccn2)CC1. The number of piperazine rings is 1. The summed E-state index contributed by atoms with van der Waals surface area (Å²) in [5.74, 6) is 0.802. The topological polar surface area (TPSA) is 57.7 Å². The monoisotopic (exact) mass is 340 g/mol. The van der Waals surface area contributed by atoms with Gasteiger partial charge in [-0.15, -0.1) is 0 Å². The van der Waals surface area contributed by atoms with E-state index >= 15 is 0 Å². The van der Waals surface area contributed by atoms with Crippen molar-refractivity contribution in [2.75, 3.05) is 45.2 Å². The molecule has 0 aliphatic carbocycles. The van der Waals surface area contributed by atoms with E-state index < -0.39 is 0 Å². The van der Waals surface area contributed by atoms with Gasteiger partial charge in [0.2, 0.25) is 0 Å². The van der Waals surface area contributed by atoms with Gasteiger partial charge in [0.25, 0.3) is 5.91 Å². The molecule has 1 fully saturated rings. The first-order valence-corrected chi connectivity index (χ1v) is 8.58. The quantitative estimate of drug-likeness (QED) is 0.907. The summed E-state index contributed by atoms with van der Waals surface area (Å²) in [4.78, 5) is 21.2. The maximum atomic E-state index is 12.7. The number of likely N-dealkylation sites (N-methyl/N-ethyl adjacent to an activating group) is 1. The molecule has 0 saturated carbocycles. The first-order chi connectivity index (χ1) is 12.2. The number of anilines is 2. The van der Waals surface area contributed by atoms with Crippen LogP contribution in [-0.4, -0.2) is 60.5 Å². The van der Waals surface area contributed by atoms with Crippen molar-refractivity contribution in [2.45, 2.75) is 6.92 Å². The van der Waals surface area contributed by atoms with Crippen molar-refractivity contribution in [3.63, 3.8) is 0 Å². The fourth-order valence-corrected chi connectivity index (χ4v) is 2.90. The summed E-state index contributed by atoms with van der Waals surface area (Å²) in [5, 5.41) is 3.30. The minimum atomic E-state index is -0.00543. The number of hydrogen-bond acceptors (Lipinski definition) is 5. The Labute approximate surface area is 148 Å². The third kappa shape index (κ3) is 4.28. The number of ether oxygens (including phenoxy) is 1. The third-order valence-corrected chi connectivity index (χ3v) is 4.46. The number of methoxy groups -OCH3 is 1. The van der Waals surface area contributed by atoms with E-state index in [9.17, 15) is 4.79 Å². The van der Waals surface area contributed by atoms with E-state index in [4.69, 9.17) is 4.74 Å². The zero-order chi connectivity index (χ0) is 17.6. The van der Waals surface area contributed by atoms with Gasteiger partial charge in [-0.1, -0.05) is 6.92 Å². The number of pyridine rings is 1. The molecule has 0 unspecified atom stereocenters. The van der Waals surface area contributed by atoms with Crippen LogP contribution in [0, 0.1) is 0 Å². The van der Waals surface area contributed by atoms with Crippen molar-refractivity contribution >= 4 is 17.3 Å². The number of nitrogens with one attached hydrogen (secondary N) is 1. The van der Waals surface area contributed by atoms with E-state index in [2.05, 4.69) is 22.1 Å². The number of nitrogens with zero attached hydrogens (tertiary/aromatic N) is 3. The van der Waals surface area contributed by atoms with Crippen LogP contribution in [0.1, 0.15) is 17.4 Å². The molecule has 3 rings (SSSR count). The predicted molar refractivity (Wildman–Crippen MR) is 98.5 cm³/mol. The molecule has 1 aliphatic rings. The van der Waals surface area contributed by atoms with Crippen molar-refractivity contribution in [3.8, 4) is 5.75 Å². The van der Waals surface area contributed by atoms with Crippen LogP contribution in [0.15, 0.2) is 42.6 Å². The second-order valence-corrected chi connectivity index (χ2v) is 6.01. The van der Waals surface area contributed by atoms with Gasteiger partial charge in [-0.25, -0.2) is 0 Å². The molecule has 132 valence electrons. The van der Waals surface area contributed by atoms with Gasteiger partial charge in [-0.2, -0.15) is 0 Å². The minimum Gasteiger partial charge on any atom is -0.497 e. The Morgan fingerprint density at radius 1 is 1.12 bits per heavy atom. The highest BCUT2D eigenvalue weighted by molar-refractivity contribution is 5.93. The first-order valence-electron chi connectivity index (χ1n) is 8.58. The fourth-order valence-electron chi connectivity index (χ4n) is 2.90. The largest absolute Gasteiger partial charge is 0.497 e. The van der Waals surface area contributed by atoms with Crippen molar-refractivity contribution < 1.29 is 9.53 Å². The highest BCUT2D eigenvalue weighted by Crippen LogP contribution is 2.20. The minimum absolute atomic E-state index is 0.00543. The number of benzene rings is 1. The summed E-state index contributed by atoms with van der Waals surface area (Å²) in [6, 6.07) is 11.3. The van der Waals surface area contributed by atoms with Crippen LogP contribution in [0.2, 0.25) is 0 Å². The molecule has 0 bridgehead atoms. The average molecular weight is 340 g/mol. The molecule has 2 aromatic rings. The van der Waals surface area contributed by atoms with E-state index in [0.29, 0.717) is 5.69 Å². The van der Waals surface area contributed by atoms with E-state index in [1.54, 1.807) is 19.4 Å². The molecule has 1 aliphatic heterocycles. The molecule has 6 heteroatoms. The van der Waals surface area contributed by atoms with Crippen LogP contribution in [0.25, 0.3) is 0 Å². The summed E-state index contributed by atoms with van der Waals surface area (Å²) < 4.78 is 5.16. The Kier molecular flexibility index (Phi) is 5.50. The zero-order valence-electron chi connectivity index (χ0n) is 14.7. The molecule has 1 N–H and O–H groups in total. The second-order valence-electron chi connectivity index (χ2n) is 6.01. The summed E-state index contributed by atoms with van der Waals surface area (Å²) in [6.07, 6.45) is 1.67. The van der Waals surface area contributed by atoms with Gasteiger partial charge in [0.05, 0.1) is 7.11 Å². The molecule has 2 heterocycles. The molecule has 1 amide bonds. The Balaban J connectivity index is 1.67. The number of rotatable bonds is 5. The fraction of sp³-hybridized carbons (Fsp3) is 0.368. The molecule has 6 nitrogen and oxygen atoms in total. The Morgan fingerprint density at radius 3 is 2.48 bits per heavy atom. The van der Waals surface area contributed by atoms with Crippen LogP contribution >= 0.6 is 0 Å². The lowest BCUT2D eigenvalue weighted by Gasteiger charge is -2.33. The van der Waals surface area contributed by atoms with Gasteiger partial charge in [-0.3, -0.25) is 9.78 Å². The van der Waals surface area contributed by atoms with Gasteiger partial charge in [0.15, 0.2) is 0 Å². The van der Waals surface area contributed by atoms with Crippen molar-refractivity contribution in [1.82, 2.24) is 14.8 Å². The van der Waals surface area contributed by atoms with Gasteiger partial charge in [0.1, 0.15) is 11.4 Å². The number of aromatic nitrogens is 1. The highest BCUT2D eigenvalue weighted by atomic mass is 16.5. The standard InChI is InChI=1S/C19H24N4O2/c1-3-22-10-12-23(13-11-22)19(24)18-14-16(8-9-20-18)21-15-4-6-17(25-2)7-5-15/h4-9,14H,3,10-13H2,1-2H3,(H,20,21). The maximum absolute atomic E-state index is 12.7. The molecular formula is C19H24N4O2. The van der Waals surface area contributed by atoms with Crippen molar-refractivity contribution in [2.24, 2.45) is 0 Å². The number of carbonyl (C=O) groups is 1. The van der Waals surface area contributed by atoms with Crippen LogP contribution < -0.4 is 10.1 Å². The third-order valence-electron chi connectivity index (χ3n) is 4.46. The second kappa shape index (κ2) is 7.98. The van der Waals surface area contributed by atoms with E-state index in [1.807, 2.05) is 35.2 Å². The number of hydrogen-bond donors (Lipinski definition) is 1. The van der Waals surface area contributed by atoms with E-state index in [-0.39, 0.29) is 5.91 Å². The summed E-state index contributed by atoms with van der Waals surface area (Å²) in [6.45, 7) is 6.53. The normalized spacial score (nSPS) is 15.0. The molecule has 25 heavy (non-hydrogen) atoms. The Bertz CT molecular complexity index is 710. The summed E-state index contributed by atoms with van der Waals surface area (Å²) in [7, 11) is 1.64. The lowest BCUT2D eigenvalue weighted by molar-refractivity contribution is 0.0637. The maximum Gasteiger partial charge on any atom is 0.272 e. The van der Waals surface area contributed by atoms with Crippen LogP contribution in [0.4, 0.5) is 11.4 Å². The van der Waals surface area contributed by atoms with E-state index in [1.165, 1.54) is 0 Å². The Morgan fingerprint density at radius 2 is 1.84 bits per heavy atom. The zero-order valence-corrected chi connectivity index (χ0v) is 14.7. The number of amides is 1. The Hall–Kier alpha value is -2.60. The summed E-state index contributed by atoms with van der Waals surface area (Å²) in [5.41, 5.74) is 2.25. The van der Waals surface area contributed by atoms with Crippen LogP contribution in [-0.2, 0) is 0 Å². The highest BCUT2D eigenvalue weighted by Gasteiger charge is 2.22. The average Bonchev–Trinajstić information content (AvgIpc) is 2.68. The number of carbonyl (C=O) groups excluding carboxylic acids is 1. The summed E-state index contributed by atoms with van der Waals surface area (Å²) >= 11 is 0. The molecule has 0 spiro atoms.